The normalized spacial score (nSPS) is 13.8. The standard InChI is InChI=1S/C21H48N4O/c1-13-22(14-2)21(26-23(15-3)16-4,24(17(5)6)18(7)8)25(19(9)10)20(11)12/h17-20H,13-16H2,1-12H3. The fourth-order valence-electron chi connectivity index (χ4n) is 4.31. The van der Waals surface area contributed by atoms with E-state index in [2.05, 4.69) is 103 Å². The third kappa shape index (κ3) is 5.65. The fourth-order valence-corrected chi connectivity index (χ4v) is 4.31. The van der Waals surface area contributed by atoms with Gasteiger partial charge in [-0.1, -0.05) is 27.7 Å². The summed E-state index contributed by atoms with van der Waals surface area (Å²) in [5.41, 5.74) is 0. The molecule has 0 rings (SSSR count). The Morgan fingerprint density at radius 2 is 0.885 bits per heavy atom. The quantitative estimate of drug-likeness (QED) is 0.351. The van der Waals surface area contributed by atoms with Crippen molar-refractivity contribution in [2.75, 3.05) is 26.2 Å². The minimum Gasteiger partial charge on any atom is -0.248 e. The van der Waals surface area contributed by atoms with Gasteiger partial charge in [-0.2, -0.15) is 5.06 Å². The molecule has 0 aromatic carbocycles. The van der Waals surface area contributed by atoms with Gasteiger partial charge in [0.2, 0.25) is 0 Å². The van der Waals surface area contributed by atoms with Crippen LogP contribution < -0.4 is 0 Å². The van der Waals surface area contributed by atoms with E-state index < -0.39 is 5.97 Å². The van der Waals surface area contributed by atoms with Crippen molar-refractivity contribution in [3.8, 4) is 0 Å². The molecule has 0 aromatic rings. The Kier molecular flexibility index (Phi) is 11.5. The van der Waals surface area contributed by atoms with Crippen LogP contribution in [-0.2, 0) is 4.84 Å². The van der Waals surface area contributed by atoms with Crippen molar-refractivity contribution in [2.45, 2.75) is 113 Å². The van der Waals surface area contributed by atoms with Gasteiger partial charge in [-0.3, -0.25) is 0 Å². The predicted molar refractivity (Wildman–Crippen MR) is 114 cm³/mol. The molecule has 0 spiro atoms. The highest BCUT2D eigenvalue weighted by Gasteiger charge is 2.53. The van der Waals surface area contributed by atoms with E-state index in [9.17, 15) is 0 Å². The second kappa shape index (κ2) is 11.6. The first kappa shape index (κ1) is 25.8. The molecule has 158 valence electrons. The zero-order valence-corrected chi connectivity index (χ0v) is 19.8. The lowest BCUT2D eigenvalue weighted by Gasteiger charge is -2.60. The molecule has 0 aromatic heterocycles. The Balaban J connectivity index is 6.76. The topological polar surface area (TPSA) is 22.2 Å². The molecule has 26 heavy (non-hydrogen) atoms. The molecule has 0 bridgehead atoms. The Morgan fingerprint density at radius 1 is 0.577 bits per heavy atom. The molecule has 0 aliphatic rings. The van der Waals surface area contributed by atoms with E-state index >= 15 is 0 Å². The Bertz CT molecular complexity index is 327. The highest BCUT2D eigenvalue weighted by atomic mass is 16.7. The summed E-state index contributed by atoms with van der Waals surface area (Å²) in [7, 11) is 0. The van der Waals surface area contributed by atoms with Crippen LogP contribution in [0, 0.1) is 0 Å². The van der Waals surface area contributed by atoms with E-state index in [1.54, 1.807) is 0 Å². The molecule has 0 radical (unpaired) electrons. The van der Waals surface area contributed by atoms with E-state index in [1.807, 2.05) is 0 Å². The number of hydroxylamine groups is 2. The zero-order valence-electron chi connectivity index (χ0n) is 19.8. The molecule has 0 saturated carbocycles. The first-order chi connectivity index (χ1) is 12.0. The maximum atomic E-state index is 6.96. The maximum absolute atomic E-state index is 6.96. The summed E-state index contributed by atoms with van der Waals surface area (Å²) in [6, 6.07) is 1.41. The molecule has 0 aliphatic carbocycles. The van der Waals surface area contributed by atoms with Crippen LogP contribution in [0.2, 0.25) is 0 Å². The number of hydrogen-bond acceptors (Lipinski definition) is 5. The maximum Gasteiger partial charge on any atom is 0.261 e. The van der Waals surface area contributed by atoms with Crippen molar-refractivity contribution >= 4 is 0 Å². The average Bonchev–Trinajstić information content (AvgIpc) is 2.51. The van der Waals surface area contributed by atoms with E-state index in [0.29, 0.717) is 24.2 Å². The summed E-state index contributed by atoms with van der Waals surface area (Å²) >= 11 is 0. The first-order valence-corrected chi connectivity index (χ1v) is 10.8. The molecule has 5 heteroatoms. The van der Waals surface area contributed by atoms with Crippen molar-refractivity contribution in [1.29, 1.82) is 0 Å². The Labute approximate surface area is 164 Å². The van der Waals surface area contributed by atoms with Gasteiger partial charge in [-0.05, 0) is 55.4 Å². The van der Waals surface area contributed by atoms with Crippen molar-refractivity contribution in [2.24, 2.45) is 0 Å². The predicted octanol–water partition coefficient (Wildman–Crippen LogP) is 4.45. The zero-order chi connectivity index (χ0) is 20.7. The number of hydrogen-bond donors (Lipinski definition) is 0. The SMILES string of the molecule is CCN(CC)OC(N(CC)CC)(N(C(C)C)C(C)C)N(C(C)C)C(C)C. The van der Waals surface area contributed by atoms with Gasteiger partial charge in [0, 0.05) is 50.3 Å². The molecule has 0 fully saturated rings. The van der Waals surface area contributed by atoms with Crippen LogP contribution in [0.1, 0.15) is 83.1 Å². The summed E-state index contributed by atoms with van der Waals surface area (Å²) < 4.78 is 0. The molecule has 0 heterocycles. The molecule has 0 atom stereocenters. The number of nitrogens with zero attached hydrogens (tertiary/aromatic N) is 4. The van der Waals surface area contributed by atoms with Gasteiger partial charge in [0.1, 0.15) is 0 Å². The number of rotatable bonds is 13. The third-order valence-corrected chi connectivity index (χ3v) is 5.03. The van der Waals surface area contributed by atoms with Crippen LogP contribution in [0.25, 0.3) is 0 Å². The van der Waals surface area contributed by atoms with Gasteiger partial charge in [0.05, 0.1) is 0 Å². The molecule has 0 amide bonds. The molecule has 0 aliphatic heterocycles. The molecule has 0 N–H and O–H groups in total. The van der Waals surface area contributed by atoms with Gasteiger partial charge in [0.15, 0.2) is 0 Å². The lowest BCUT2D eigenvalue weighted by Crippen LogP contribution is -2.77. The molecule has 5 nitrogen and oxygen atoms in total. The molecule has 0 saturated heterocycles. The van der Waals surface area contributed by atoms with Crippen LogP contribution in [-0.4, -0.2) is 76.1 Å². The lowest BCUT2D eigenvalue weighted by atomic mass is 10.1. The minimum atomic E-state index is -0.611. The van der Waals surface area contributed by atoms with Crippen LogP contribution in [0.4, 0.5) is 0 Å². The molecule has 0 unspecified atom stereocenters. The van der Waals surface area contributed by atoms with Crippen LogP contribution in [0.5, 0.6) is 0 Å². The Morgan fingerprint density at radius 3 is 1.08 bits per heavy atom. The van der Waals surface area contributed by atoms with Crippen molar-refractivity contribution in [3.63, 3.8) is 0 Å². The minimum absolute atomic E-state index is 0.353. The van der Waals surface area contributed by atoms with Gasteiger partial charge >= 0.3 is 0 Å². The molecular weight excluding hydrogens is 324 g/mol. The van der Waals surface area contributed by atoms with Gasteiger partial charge < -0.3 is 0 Å². The van der Waals surface area contributed by atoms with Gasteiger partial charge in [-0.15, -0.1) is 0 Å². The van der Waals surface area contributed by atoms with E-state index in [4.69, 9.17) is 4.84 Å². The molecular formula is C21H48N4O. The highest BCUT2D eigenvalue weighted by molar-refractivity contribution is 4.90. The summed E-state index contributed by atoms with van der Waals surface area (Å²) in [6.07, 6.45) is 0. The van der Waals surface area contributed by atoms with Crippen LogP contribution in [0.15, 0.2) is 0 Å². The van der Waals surface area contributed by atoms with Crippen LogP contribution in [0.3, 0.4) is 0 Å². The smallest absolute Gasteiger partial charge is 0.248 e. The summed E-state index contributed by atoms with van der Waals surface area (Å²) in [5.74, 6) is -0.611. The second-order valence-corrected chi connectivity index (χ2v) is 8.14. The van der Waals surface area contributed by atoms with Crippen molar-refractivity contribution < 1.29 is 4.84 Å². The summed E-state index contributed by atoms with van der Waals surface area (Å²) in [4.78, 5) is 14.5. The van der Waals surface area contributed by atoms with E-state index in [0.717, 1.165) is 26.2 Å². The average molecular weight is 373 g/mol. The monoisotopic (exact) mass is 372 g/mol. The van der Waals surface area contributed by atoms with E-state index in [1.165, 1.54) is 0 Å². The van der Waals surface area contributed by atoms with Crippen LogP contribution >= 0.6 is 0 Å². The van der Waals surface area contributed by atoms with E-state index in [-0.39, 0.29) is 0 Å². The van der Waals surface area contributed by atoms with Crippen molar-refractivity contribution in [3.05, 3.63) is 0 Å². The largest absolute Gasteiger partial charge is 0.261 e. The van der Waals surface area contributed by atoms with Gasteiger partial charge in [0.25, 0.3) is 5.97 Å². The van der Waals surface area contributed by atoms with Gasteiger partial charge in [-0.25, -0.2) is 19.5 Å². The first-order valence-electron chi connectivity index (χ1n) is 10.8. The third-order valence-electron chi connectivity index (χ3n) is 5.03. The Hall–Kier alpha value is -0.200. The summed E-state index contributed by atoms with van der Waals surface area (Å²) in [5, 5.41) is 2.10. The second-order valence-electron chi connectivity index (χ2n) is 8.14. The summed E-state index contributed by atoms with van der Waals surface area (Å²) in [6.45, 7) is 30.7. The van der Waals surface area contributed by atoms with Crippen molar-refractivity contribution in [1.82, 2.24) is 19.8 Å². The fraction of sp³-hybridized carbons (Fsp3) is 1.00. The lowest BCUT2D eigenvalue weighted by molar-refractivity contribution is -0.426. The highest BCUT2D eigenvalue weighted by Crippen LogP contribution is 2.35.